The second-order valence-electron chi connectivity index (χ2n) is 6.15. The number of anilines is 1. The molecule has 2 aromatic heterocycles. The van der Waals surface area contributed by atoms with Crippen LogP contribution in [0.2, 0.25) is 0 Å². The maximum Gasteiger partial charge on any atom is 0.179 e. The Morgan fingerprint density at radius 1 is 1.24 bits per heavy atom. The van der Waals surface area contributed by atoms with Crippen molar-refractivity contribution in [2.45, 2.75) is 19.4 Å². The van der Waals surface area contributed by atoms with E-state index in [0.29, 0.717) is 5.92 Å². The molecule has 0 spiro atoms. The summed E-state index contributed by atoms with van der Waals surface area (Å²) in [5.74, 6) is 2.66. The molecule has 4 rings (SSSR count). The minimum absolute atomic E-state index is 0.0760. The fourth-order valence-electron chi connectivity index (χ4n) is 3.07. The molecule has 128 valence electrons. The maximum atomic E-state index is 5.83. The molecule has 7 heteroatoms. The average Bonchev–Trinajstić information content (AvgIpc) is 3.29. The largest absolute Gasteiger partial charge is 0.370 e. The fourth-order valence-corrected chi connectivity index (χ4v) is 3.07. The molecule has 3 aromatic rings. The number of aromatic amines is 1. The molecule has 1 aromatic carbocycles. The van der Waals surface area contributed by atoms with Gasteiger partial charge in [0.05, 0.1) is 5.69 Å². The number of aryl methyl sites for hydroxylation is 1. The van der Waals surface area contributed by atoms with Gasteiger partial charge in [-0.05, 0) is 13.3 Å². The van der Waals surface area contributed by atoms with Crippen molar-refractivity contribution >= 4 is 5.82 Å². The molecule has 3 heterocycles. The highest BCUT2D eigenvalue weighted by Crippen LogP contribution is 2.32. The van der Waals surface area contributed by atoms with Gasteiger partial charge >= 0.3 is 0 Å². The molecule has 0 amide bonds. The second-order valence-corrected chi connectivity index (χ2v) is 6.15. The first-order valence-electron chi connectivity index (χ1n) is 8.41. The van der Waals surface area contributed by atoms with Crippen molar-refractivity contribution in [1.82, 2.24) is 25.1 Å². The SMILES string of the molecule is Cc1nc([C@@H]2OCC[C@@H]2CNc2cc(-c3ccccc3)ncn2)n[nH]1. The molecule has 1 fully saturated rings. The molecular weight excluding hydrogens is 316 g/mol. The zero-order chi connectivity index (χ0) is 17.1. The van der Waals surface area contributed by atoms with Crippen LogP contribution in [0, 0.1) is 12.8 Å². The van der Waals surface area contributed by atoms with Crippen LogP contribution in [0.1, 0.15) is 24.2 Å². The highest BCUT2D eigenvalue weighted by atomic mass is 16.5. The standard InChI is InChI=1S/C18H20N6O/c1-12-22-18(24-23-12)17-14(7-8-25-17)10-19-16-9-15(20-11-21-16)13-5-3-2-4-6-13/h2-6,9,11,14,17H,7-8,10H2,1H3,(H,19,20,21)(H,22,23,24)/t14-,17-/m1/s1. The molecule has 0 bridgehead atoms. The summed E-state index contributed by atoms with van der Waals surface area (Å²) in [6.45, 7) is 3.37. The van der Waals surface area contributed by atoms with Crippen LogP contribution in [0.4, 0.5) is 5.82 Å². The quantitative estimate of drug-likeness (QED) is 0.745. The van der Waals surface area contributed by atoms with Crippen molar-refractivity contribution in [2.75, 3.05) is 18.5 Å². The number of benzene rings is 1. The van der Waals surface area contributed by atoms with Crippen molar-refractivity contribution in [2.24, 2.45) is 5.92 Å². The molecule has 2 atom stereocenters. The first-order valence-corrected chi connectivity index (χ1v) is 8.41. The van der Waals surface area contributed by atoms with E-state index in [1.165, 1.54) is 0 Å². The van der Waals surface area contributed by atoms with Gasteiger partial charge in [0.2, 0.25) is 0 Å². The van der Waals surface area contributed by atoms with E-state index in [1.54, 1.807) is 6.33 Å². The zero-order valence-electron chi connectivity index (χ0n) is 14.0. The van der Waals surface area contributed by atoms with Crippen molar-refractivity contribution in [3.63, 3.8) is 0 Å². The summed E-state index contributed by atoms with van der Waals surface area (Å²) in [7, 11) is 0. The lowest BCUT2D eigenvalue weighted by atomic mass is 10.0. The Morgan fingerprint density at radius 2 is 2.12 bits per heavy atom. The zero-order valence-corrected chi connectivity index (χ0v) is 14.0. The highest BCUT2D eigenvalue weighted by molar-refractivity contribution is 5.61. The molecule has 1 aliphatic heterocycles. The van der Waals surface area contributed by atoms with Crippen LogP contribution in [-0.2, 0) is 4.74 Å². The molecular formula is C18H20N6O. The van der Waals surface area contributed by atoms with Crippen LogP contribution in [0.15, 0.2) is 42.7 Å². The lowest BCUT2D eigenvalue weighted by Gasteiger charge is -2.16. The first-order chi connectivity index (χ1) is 12.3. The smallest absolute Gasteiger partial charge is 0.179 e. The van der Waals surface area contributed by atoms with Gasteiger partial charge in [-0.25, -0.2) is 15.0 Å². The van der Waals surface area contributed by atoms with Gasteiger partial charge in [-0.3, -0.25) is 5.10 Å². The average molecular weight is 336 g/mol. The van der Waals surface area contributed by atoms with Crippen LogP contribution in [0.3, 0.4) is 0 Å². The number of H-pyrrole nitrogens is 1. The molecule has 7 nitrogen and oxygen atoms in total. The minimum atomic E-state index is -0.0760. The summed E-state index contributed by atoms with van der Waals surface area (Å²) >= 11 is 0. The van der Waals surface area contributed by atoms with Gasteiger partial charge < -0.3 is 10.1 Å². The van der Waals surface area contributed by atoms with Crippen LogP contribution in [0.5, 0.6) is 0 Å². The normalized spacial score (nSPS) is 19.9. The number of ether oxygens (including phenoxy) is 1. The maximum absolute atomic E-state index is 5.83. The first kappa shape index (κ1) is 15.7. The van der Waals surface area contributed by atoms with E-state index in [4.69, 9.17) is 4.74 Å². The van der Waals surface area contributed by atoms with E-state index >= 15 is 0 Å². The second kappa shape index (κ2) is 6.98. The van der Waals surface area contributed by atoms with Gasteiger partial charge in [0, 0.05) is 30.7 Å². The van der Waals surface area contributed by atoms with Crippen LogP contribution < -0.4 is 5.32 Å². The van der Waals surface area contributed by atoms with Gasteiger partial charge in [-0.2, -0.15) is 5.10 Å². The van der Waals surface area contributed by atoms with Gasteiger partial charge in [0.25, 0.3) is 0 Å². The predicted octanol–water partition coefficient (Wildman–Crippen LogP) is 2.76. The fraction of sp³-hybridized carbons (Fsp3) is 0.333. The number of nitrogens with zero attached hydrogens (tertiary/aromatic N) is 4. The van der Waals surface area contributed by atoms with E-state index in [1.807, 2.05) is 43.3 Å². The summed E-state index contributed by atoms with van der Waals surface area (Å²) < 4.78 is 5.83. The number of nitrogens with one attached hydrogen (secondary N) is 2. The van der Waals surface area contributed by atoms with Gasteiger partial charge in [-0.1, -0.05) is 30.3 Å². The highest BCUT2D eigenvalue weighted by Gasteiger charge is 2.32. The minimum Gasteiger partial charge on any atom is -0.370 e. The lowest BCUT2D eigenvalue weighted by Crippen LogP contribution is -2.19. The van der Waals surface area contributed by atoms with E-state index in [9.17, 15) is 0 Å². The molecule has 0 radical (unpaired) electrons. The summed E-state index contributed by atoms with van der Waals surface area (Å²) in [4.78, 5) is 13.1. The third-order valence-electron chi connectivity index (χ3n) is 4.37. The molecule has 0 unspecified atom stereocenters. The Labute approximate surface area is 145 Å². The van der Waals surface area contributed by atoms with E-state index in [0.717, 1.165) is 48.3 Å². The summed E-state index contributed by atoms with van der Waals surface area (Å²) in [5.41, 5.74) is 1.98. The Bertz CT molecular complexity index is 834. The summed E-state index contributed by atoms with van der Waals surface area (Å²) in [6, 6.07) is 12.1. The van der Waals surface area contributed by atoms with E-state index in [2.05, 4.69) is 30.5 Å². The van der Waals surface area contributed by atoms with E-state index < -0.39 is 0 Å². The summed E-state index contributed by atoms with van der Waals surface area (Å²) in [5, 5.41) is 10.5. The number of aromatic nitrogens is 5. The van der Waals surface area contributed by atoms with Gasteiger partial charge in [0.1, 0.15) is 24.1 Å². The van der Waals surface area contributed by atoms with Crippen molar-refractivity contribution in [1.29, 1.82) is 0 Å². The molecule has 25 heavy (non-hydrogen) atoms. The summed E-state index contributed by atoms with van der Waals surface area (Å²) in [6.07, 6.45) is 2.49. The number of hydrogen-bond acceptors (Lipinski definition) is 6. The lowest BCUT2D eigenvalue weighted by molar-refractivity contribution is 0.0863. The topological polar surface area (TPSA) is 88.6 Å². The predicted molar refractivity (Wildman–Crippen MR) is 93.9 cm³/mol. The molecule has 2 N–H and O–H groups in total. The third kappa shape index (κ3) is 3.51. The Kier molecular flexibility index (Phi) is 4.39. The Morgan fingerprint density at radius 3 is 2.92 bits per heavy atom. The number of hydrogen-bond donors (Lipinski definition) is 2. The Balaban J connectivity index is 1.44. The van der Waals surface area contributed by atoms with E-state index in [-0.39, 0.29) is 6.10 Å². The molecule has 0 aliphatic carbocycles. The van der Waals surface area contributed by atoms with Gasteiger partial charge in [-0.15, -0.1) is 0 Å². The molecule has 1 aliphatic rings. The third-order valence-corrected chi connectivity index (χ3v) is 4.37. The number of rotatable bonds is 5. The monoisotopic (exact) mass is 336 g/mol. The van der Waals surface area contributed by atoms with Gasteiger partial charge in [0.15, 0.2) is 5.82 Å². The van der Waals surface area contributed by atoms with Crippen LogP contribution in [0.25, 0.3) is 11.3 Å². The van der Waals surface area contributed by atoms with Crippen molar-refractivity contribution in [3.8, 4) is 11.3 Å². The Hall–Kier alpha value is -2.80. The van der Waals surface area contributed by atoms with Crippen LogP contribution >= 0.6 is 0 Å². The van der Waals surface area contributed by atoms with Crippen molar-refractivity contribution < 1.29 is 4.74 Å². The van der Waals surface area contributed by atoms with Crippen molar-refractivity contribution in [3.05, 3.63) is 54.4 Å². The molecule has 0 saturated carbocycles. The molecule has 1 saturated heterocycles. The van der Waals surface area contributed by atoms with Crippen LogP contribution in [-0.4, -0.2) is 38.3 Å².